The molecule has 0 aromatic heterocycles. The zero-order chi connectivity index (χ0) is 15.7. The fourth-order valence-electron chi connectivity index (χ4n) is 5.29. The van der Waals surface area contributed by atoms with Gasteiger partial charge in [-0.3, -0.25) is 4.79 Å². The summed E-state index contributed by atoms with van der Waals surface area (Å²) in [5, 5.41) is 0. The van der Waals surface area contributed by atoms with Gasteiger partial charge in [0.25, 0.3) is 0 Å². The van der Waals surface area contributed by atoms with Gasteiger partial charge in [0.05, 0.1) is 0 Å². The highest BCUT2D eigenvalue weighted by Gasteiger charge is 2.55. The molecule has 118 valence electrons. The zero-order valence-corrected chi connectivity index (χ0v) is 14.4. The molecule has 4 unspecified atom stereocenters. The Balaban J connectivity index is 2.24. The summed E-state index contributed by atoms with van der Waals surface area (Å²) in [6, 6.07) is 0. The topological polar surface area (TPSA) is 17.1 Å². The van der Waals surface area contributed by atoms with Crippen molar-refractivity contribution in [2.75, 3.05) is 0 Å². The Morgan fingerprint density at radius 3 is 2.62 bits per heavy atom. The number of carbonyl (C=O) groups is 1. The standard InChI is InChI=1S/C20H32O/c1-15(2)20-11-6-7-18(20)19(5,17(4)9-13-20)12-8-16(3)10-14-21/h10,14,17-18H,1,6-9,11-13H2,2-5H3/b16-10+. The summed E-state index contributed by atoms with van der Waals surface area (Å²) in [5.41, 5.74) is 3.45. The number of fused-ring (bicyclic) bond motifs is 1. The second-order valence-electron chi connectivity index (χ2n) is 7.98. The molecule has 0 N–H and O–H groups in total. The summed E-state index contributed by atoms with van der Waals surface area (Å²) in [6.07, 6.45) is 11.7. The van der Waals surface area contributed by atoms with Gasteiger partial charge in [-0.25, -0.2) is 0 Å². The van der Waals surface area contributed by atoms with E-state index in [9.17, 15) is 4.79 Å². The highest BCUT2D eigenvalue weighted by molar-refractivity contribution is 5.65. The van der Waals surface area contributed by atoms with E-state index < -0.39 is 0 Å². The smallest absolute Gasteiger partial charge is 0.142 e. The van der Waals surface area contributed by atoms with E-state index in [-0.39, 0.29) is 0 Å². The second kappa shape index (κ2) is 6.10. The summed E-state index contributed by atoms with van der Waals surface area (Å²) < 4.78 is 0. The van der Waals surface area contributed by atoms with Crippen LogP contribution in [0.25, 0.3) is 0 Å². The molecule has 0 saturated heterocycles. The van der Waals surface area contributed by atoms with Gasteiger partial charge in [-0.2, -0.15) is 0 Å². The van der Waals surface area contributed by atoms with Crippen molar-refractivity contribution in [2.45, 2.75) is 72.6 Å². The molecule has 0 spiro atoms. The molecule has 2 fully saturated rings. The molecule has 21 heavy (non-hydrogen) atoms. The van der Waals surface area contributed by atoms with E-state index in [2.05, 4.69) is 34.3 Å². The van der Waals surface area contributed by atoms with Gasteiger partial charge in [0, 0.05) is 0 Å². The molecule has 2 aliphatic carbocycles. The van der Waals surface area contributed by atoms with Crippen LogP contribution in [0, 0.1) is 22.7 Å². The zero-order valence-electron chi connectivity index (χ0n) is 14.4. The van der Waals surface area contributed by atoms with Crippen LogP contribution in [0.1, 0.15) is 72.6 Å². The van der Waals surface area contributed by atoms with Gasteiger partial charge in [-0.05, 0) is 81.1 Å². The Kier molecular flexibility index (Phi) is 4.80. The summed E-state index contributed by atoms with van der Waals surface area (Å²) in [7, 11) is 0. The van der Waals surface area contributed by atoms with Gasteiger partial charge in [-0.1, -0.05) is 38.0 Å². The molecule has 0 radical (unpaired) electrons. The minimum absolute atomic E-state index is 0.395. The van der Waals surface area contributed by atoms with Crippen molar-refractivity contribution < 1.29 is 4.79 Å². The van der Waals surface area contributed by atoms with Gasteiger partial charge < -0.3 is 0 Å². The first-order valence-corrected chi connectivity index (χ1v) is 8.64. The minimum atomic E-state index is 0.395. The number of allylic oxidation sites excluding steroid dienone is 3. The third kappa shape index (κ3) is 2.76. The largest absolute Gasteiger partial charge is 0.299 e. The molecule has 0 amide bonds. The van der Waals surface area contributed by atoms with Crippen LogP contribution >= 0.6 is 0 Å². The Labute approximate surface area is 130 Å². The van der Waals surface area contributed by atoms with Crippen molar-refractivity contribution in [1.29, 1.82) is 0 Å². The third-order valence-electron chi connectivity index (χ3n) is 6.99. The predicted octanol–water partition coefficient (Wildman–Crippen LogP) is 5.71. The lowest BCUT2D eigenvalue weighted by Crippen LogP contribution is -2.47. The SMILES string of the molecule is C=C(C)C12CCCC1C(C)(CC/C(C)=C/C=O)C(C)CC2. The van der Waals surface area contributed by atoms with Crippen molar-refractivity contribution in [3.8, 4) is 0 Å². The molecule has 0 aliphatic heterocycles. The van der Waals surface area contributed by atoms with Crippen LogP contribution in [0.3, 0.4) is 0 Å². The quantitative estimate of drug-likeness (QED) is 0.360. The summed E-state index contributed by atoms with van der Waals surface area (Å²) in [6.45, 7) is 13.7. The first kappa shape index (κ1) is 16.5. The first-order chi connectivity index (χ1) is 9.86. The molecule has 2 rings (SSSR count). The Morgan fingerprint density at radius 2 is 2.00 bits per heavy atom. The molecular weight excluding hydrogens is 256 g/mol. The van der Waals surface area contributed by atoms with Gasteiger partial charge >= 0.3 is 0 Å². The maximum Gasteiger partial charge on any atom is 0.142 e. The third-order valence-corrected chi connectivity index (χ3v) is 6.99. The van der Waals surface area contributed by atoms with Crippen molar-refractivity contribution in [2.24, 2.45) is 22.7 Å². The van der Waals surface area contributed by atoms with Crippen LogP contribution in [0.4, 0.5) is 0 Å². The van der Waals surface area contributed by atoms with Gasteiger partial charge in [0.1, 0.15) is 6.29 Å². The van der Waals surface area contributed by atoms with E-state index in [1.165, 1.54) is 49.7 Å². The minimum Gasteiger partial charge on any atom is -0.299 e. The average Bonchev–Trinajstić information content (AvgIpc) is 2.88. The lowest BCUT2D eigenvalue weighted by atomic mass is 9.50. The molecule has 2 aliphatic rings. The second-order valence-corrected chi connectivity index (χ2v) is 7.98. The lowest BCUT2D eigenvalue weighted by Gasteiger charge is -2.55. The number of hydrogen-bond acceptors (Lipinski definition) is 1. The number of carbonyl (C=O) groups excluding carboxylic acids is 1. The fourth-order valence-corrected chi connectivity index (χ4v) is 5.29. The number of rotatable bonds is 5. The van der Waals surface area contributed by atoms with E-state index in [4.69, 9.17) is 0 Å². The molecule has 1 heteroatoms. The first-order valence-electron chi connectivity index (χ1n) is 8.64. The highest BCUT2D eigenvalue weighted by Crippen LogP contribution is 2.65. The van der Waals surface area contributed by atoms with Crippen LogP contribution < -0.4 is 0 Å². The van der Waals surface area contributed by atoms with Gasteiger partial charge in [-0.15, -0.1) is 0 Å². The Morgan fingerprint density at radius 1 is 1.29 bits per heavy atom. The van der Waals surface area contributed by atoms with E-state index >= 15 is 0 Å². The predicted molar refractivity (Wildman–Crippen MR) is 90.1 cm³/mol. The van der Waals surface area contributed by atoms with E-state index in [1.807, 2.05) is 0 Å². The lowest BCUT2D eigenvalue weighted by molar-refractivity contribution is -0.104. The van der Waals surface area contributed by atoms with E-state index in [1.54, 1.807) is 6.08 Å². The van der Waals surface area contributed by atoms with Crippen LogP contribution in [0.5, 0.6) is 0 Å². The average molecular weight is 288 g/mol. The van der Waals surface area contributed by atoms with Gasteiger partial charge in [0.15, 0.2) is 0 Å². The summed E-state index contributed by atoms with van der Waals surface area (Å²) >= 11 is 0. The molecule has 4 atom stereocenters. The highest BCUT2D eigenvalue weighted by atomic mass is 16.1. The molecule has 0 aromatic rings. The summed E-state index contributed by atoms with van der Waals surface area (Å²) in [5.74, 6) is 1.56. The van der Waals surface area contributed by atoms with Crippen molar-refractivity contribution in [3.63, 3.8) is 0 Å². The van der Waals surface area contributed by atoms with Crippen LogP contribution in [0.15, 0.2) is 23.8 Å². The maximum absolute atomic E-state index is 10.6. The van der Waals surface area contributed by atoms with Crippen molar-refractivity contribution in [1.82, 2.24) is 0 Å². The normalized spacial score (nSPS) is 39.9. The molecule has 2 saturated carbocycles. The van der Waals surface area contributed by atoms with Crippen LogP contribution in [0.2, 0.25) is 0 Å². The van der Waals surface area contributed by atoms with Crippen LogP contribution in [-0.4, -0.2) is 6.29 Å². The van der Waals surface area contributed by atoms with Crippen LogP contribution in [-0.2, 0) is 4.79 Å². The number of aldehydes is 1. The van der Waals surface area contributed by atoms with Crippen molar-refractivity contribution >= 4 is 6.29 Å². The molecule has 1 nitrogen and oxygen atoms in total. The number of hydrogen-bond donors (Lipinski definition) is 0. The molecule has 0 heterocycles. The Bertz CT molecular complexity index is 447. The summed E-state index contributed by atoms with van der Waals surface area (Å²) in [4.78, 5) is 10.6. The van der Waals surface area contributed by atoms with E-state index in [0.717, 1.165) is 24.5 Å². The van der Waals surface area contributed by atoms with Gasteiger partial charge in [0.2, 0.25) is 0 Å². The maximum atomic E-state index is 10.6. The van der Waals surface area contributed by atoms with Crippen molar-refractivity contribution in [3.05, 3.63) is 23.8 Å². The molecular formula is C20H32O. The van der Waals surface area contributed by atoms with E-state index in [0.29, 0.717) is 10.8 Å². The fraction of sp³-hybridized carbons (Fsp3) is 0.750. The Hall–Kier alpha value is -0.850. The monoisotopic (exact) mass is 288 g/mol. The molecule has 0 bridgehead atoms. The molecule has 0 aromatic carbocycles.